The third-order valence-electron chi connectivity index (χ3n) is 5.76. The van der Waals surface area contributed by atoms with E-state index in [1.165, 1.54) is 7.11 Å². The molecule has 1 fully saturated rings. The van der Waals surface area contributed by atoms with Crippen LogP contribution in [-0.2, 0) is 41.6 Å². The Kier molecular flexibility index (Phi) is 12.0. The van der Waals surface area contributed by atoms with Crippen molar-refractivity contribution in [2.75, 3.05) is 46.8 Å². The molecule has 11 nitrogen and oxygen atoms in total. The number of nitrogens with one attached hydrogen (secondary N) is 2. The van der Waals surface area contributed by atoms with Crippen LogP contribution in [0.4, 0.5) is 0 Å². The van der Waals surface area contributed by atoms with Crippen LogP contribution in [0.1, 0.15) is 17.5 Å². The molecular formula is C27H35N3O8. The van der Waals surface area contributed by atoms with Gasteiger partial charge in [0.1, 0.15) is 18.0 Å². The minimum atomic E-state index is -1.39. The van der Waals surface area contributed by atoms with Crippen LogP contribution in [0.5, 0.6) is 5.75 Å². The van der Waals surface area contributed by atoms with Crippen LogP contribution >= 0.6 is 0 Å². The first kappa shape index (κ1) is 29.1. The number of hydrogen-bond acceptors (Lipinski definition) is 9. The molecule has 0 saturated carbocycles. The Balaban J connectivity index is 1.45. The number of rotatable bonds is 14. The molecule has 2 aromatic rings. The summed E-state index contributed by atoms with van der Waals surface area (Å²) in [6, 6.07) is 15.8. The van der Waals surface area contributed by atoms with Gasteiger partial charge in [-0.1, -0.05) is 42.5 Å². The van der Waals surface area contributed by atoms with Crippen molar-refractivity contribution in [1.29, 1.82) is 0 Å². The molecule has 11 heteroatoms. The number of hydrogen-bond donors (Lipinski definition) is 3. The van der Waals surface area contributed by atoms with E-state index in [2.05, 4.69) is 10.6 Å². The molecule has 0 bridgehead atoms. The van der Waals surface area contributed by atoms with Gasteiger partial charge in [-0.3, -0.25) is 14.5 Å². The molecule has 1 aliphatic heterocycles. The first-order chi connectivity index (χ1) is 18.4. The first-order valence-electron chi connectivity index (χ1n) is 12.4. The van der Waals surface area contributed by atoms with E-state index >= 15 is 0 Å². The van der Waals surface area contributed by atoms with Crippen LogP contribution in [0.25, 0.3) is 0 Å². The molecule has 2 amide bonds. The van der Waals surface area contributed by atoms with Crippen molar-refractivity contribution in [2.45, 2.75) is 31.7 Å². The predicted molar refractivity (Wildman–Crippen MR) is 137 cm³/mol. The normalized spacial score (nSPS) is 15.2. The second-order valence-corrected chi connectivity index (χ2v) is 8.77. The highest BCUT2D eigenvalue weighted by atomic mass is 16.7. The van der Waals surface area contributed by atoms with E-state index in [0.29, 0.717) is 38.7 Å². The third-order valence-corrected chi connectivity index (χ3v) is 5.76. The Bertz CT molecular complexity index is 1030. The van der Waals surface area contributed by atoms with Gasteiger partial charge in [0.2, 0.25) is 11.8 Å². The standard InChI is InChI=1S/C27H35N3O8/c1-35-27(34)23(28-24(31)16-25(32)29-26(33)17-30-10-12-36-13-11-30)15-21-8-5-9-22(14-21)38-19-37-18-20-6-3-2-4-7-20/h2-9,14,23,25,32H,10-13,15-19H2,1H3,(H,28,31)(H,29,33)/t23-,25-/m0/s1. The number of ether oxygens (including phenoxy) is 4. The minimum absolute atomic E-state index is 0.0463. The van der Waals surface area contributed by atoms with Gasteiger partial charge in [0.15, 0.2) is 6.79 Å². The summed E-state index contributed by atoms with van der Waals surface area (Å²) in [5.41, 5.74) is 1.75. The quantitative estimate of drug-likeness (QED) is 0.183. The van der Waals surface area contributed by atoms with Gasteiger partial charge in [0, 0.05) is 19.5 Å². The number of morpholine rings is 1. The highest BCUT2D eigenvalue weighted by molar-refractivity contribution is 5.85. The fourth-order valence-electron chi connectivity index (χ4n) is 3.85. The average molecular weight is 530 g/mol. The Hall–Kier alpha value is -3.51. The molecule has 38 heavy (non-hydrogen) atoms. The van der Waals surface area contributed by atoms with E-state index in [4.69, 9.17) is 18.9 Å². The van der Waals surface area contributed by atoms with Crippen molar-refractivity contribution in [2.24, 2.45) is 0 Å². The van der Waals surface area contributed by atoms with E-state index < -0.39 is 36.5 Å². The molecule has 3 rings (SSSR count). The lowest BCUT2D eigenvalue weighted by molar-refractivity contribution is -0.145. The molecule has 2 atom stereocenters. The zero-order valence-electron chi connectivity index (χ0n) is 21.5. The summed E-state index contributed by atoms with van der Waals surface area (Å²) in [4.78, 5) is 38.9. The SMILES string of the molecule is COC(=O)[C@H](Cc1cccc(OCOCc2ccccc2)c1)NC(=O)C[C@H](O)NC(=O)CN1CCOCC1. The monoisotopic (exact) mass is 529 g/mol. The summed E-state index contributed by atoms with van der Waals surface area (Å²) in [7, 11) is 1.23. The number of carbonyl (C=O) groups excluding carboxylic acids is 3. The maximum absolute atomic E-state index is 12.5. The van der Waals surface area contributed by atoms with Crippen molar-refractivity contribution in [1.82, 2.24) is 15.5 Å². The molecule has 206 valence electrons. The number of amides is 2. The topological polar surface area (TPSA) is 136 Å². The maximum atomic E-state index is 12.5. The number of esters is 1. The predicted octanol–water partition coefficient (Wildman–Crippen LogP) is 0.597. The fourth-order valence-corrected chi connectivity index (χ4v) is 3.85. The Labute approximate surface area is 222 Å². The second-order valence-electron chi connectivity index (χ2n) is 8.77. The van der Waals surface area contributed by atoms with Crippen molar-refractivity contribution in [3.05, 3.63) is 65.7 Å². The van der Waals surface area contributed by atoms with Gasteiger partial charge in [-0.05, 0) is 23.3 Å². The van der Waals surface area contributed by atoms with Gasteiger partial charge in [-0.15, -0.1) is 0 Å². The number of aliphatic hydroxyl groups is 1. The van der Waals surface area contributed by atoms with Gasteiger partial charge in [-0.25, -0.2) is 4.79 Å². The van der Waals surface area contributed by atoms with Crippen LogP contribution in [0.2, 0.25) is 0 Å². The zero-order valence-corrected chi connectivity index (χ0v) is 21.5. The Morgan fingerprint density at radius 3 is 2.47 bits per heavy atom. The van der Waals surface area contributed by atoms with Crippen LogP contribution in [0, 0.1) is 0 Å². The highest BCUT2D eigenvalue weighted by Crippen LogP contribution is 2.16. The molecule has 0 spiro atoms. The highest BCUT2D eigenvalue weighted by Gasteiger charge is 2.24. The maximum Gasteiger partial charge on any atom is 0.328 e. The van der Waals surface area contributed by atoms with Crippen molar-refractivity contribution in [3.8, 4) is 5.75 Å². The molecule has 0 radical (unpaired) electrons. The van der Waals surface area contributed by atoms with Crippen LogP contribution in [0.15, 0.2) is 54.6 Å². The summed E-state index contributed by atoms with van der Waals surface area (Å²) in [6.45, 7) is 2.90. The number of aliphatic hydroxyl groups excluding tert-OH is 1. The summed E-state index contributed by atoms with van der Waals surface area (Å²) in [6.07, 6.45) is -1.67. The molecule has 1 saturated heterocycles. The summed E-state index contributed by atoms with van der Waals surface area (Å²) in [5, 5.41) is 15.1. The number of nitrogens with zero attached hydrogens (tertiary/aromatic N) is 1. The minimum Gasteiger partial charge on any atom is -0.468 e. The van der Waals surface area contributed by atoms with E-state index in [1.807, 2.05) is 35.2 Å². The van der Waals surface area contributed by atoms with Crippen LogP contribution < -0.4 is 15.4 Å². The zero-order chi connectivity index (χ0) is 27.2. The van der Waals surface area contributed by atoms with Crippen LogP contribution in [0.3, 0.4) is 0 Å². The summed E-state index contributed by atoms with van der Waals surface area (Å²) >= 11 is 0. The molecule has 2 aromatic carbocycles. The smallest absolute Gasteiger partial charge is 0.328 e. The second kappa shape index (κ2) is 15.7. The lowest BCUT2D eigenvalue weighted by atomic mass is 10.1. The summed E-state index contributed by atoms with van der Waals surface area (Å²) in [5.74, 6) is -1.10. The summed E-state index contributed by atoms with van der Waals surface area (Å²) < 4.78 is 21.3. The molecule has 1 aliphatic rings. The molecule has 0 aromatic heterocycles. The van der Waals surface area contributed by atoms with Gasteiger partial charge >= 0.3 is 5.97 Å². The number of carbonyl (C=O) groups is 3. The van der Waals surface area contributed by atoms with E-state index in [-0.39, 0.29) is 19.8 Å². The van der Waals surface area contributed by atoms with E-state index in [9.17, 15) is 19.5 Å². The Morgan fingerprint density at radius 2 is 1.74 bits per heavy atom. The van der Waals surface area contributed by atoms with E-state index in [1.54, 1.807) is 24.3 Å². The van der Waals surface area contributed by atoms with E-state index in [0.717, 1.165) is 11.1 Å². The van der Waals surface area contributed by atoms with Crippen molar-refractivity contribution < 1.29 is 38.4 Å². The van der Waals surface area contributed by atoms with Crippen molar-refractivity contribution in [3.63, 3.8) is 0 Å². The lowest BCUT2D eigenvalue weighted by Crippen LogP contribution is -2.48. The van der Waals surface area contributed by atoms with Crippen molar-refractivity contribution >= 4 is 17.8 Å². The first-order valence-corrected chi connectivity index (χ1v) is 12.4. The van der Waals surface area contributed by atoms with Gasteiger partial charge < -0.3 is 34.7 Å². The molecule has 0 unspecified atom stereocenters. The lowest BCUT2D eigenvalue weighted by Gasteiger charge is -2.26. The third kappa shape index (κ3) is 10.5. The molecule has 3 N–H and O–H groups in total. The van der Waals surface area contributed by atoms with Crippen LogP contribution in [-0.4, -0.2) is 86.8 Å². The molecular weight excluding hydrogens is 494 g/mol. The molecule has 0 aliphatic carbocycles. The largest absolute Gasteiger partial charge is 0.468 e. The fraction of sp³-hybridized carbons (Fsp3) is 0.444. The Morgan fingerprint density at radius 1 is 1.00 bits per heavy atom. The van der Waals surface area contributed by atoms with Gasteiger partial charge in [0.25, 0.3) is 0 Å². The van der Waals surface area contributed by atoms with Gasteiger partial charge in [-0.2, -0.15) is 0 Å². The number of methoxy groups -OCH3 is 1. The molecule has 1 heterocycles. The number of benzene rings is 2. The van der Waals surface area contributed by atoms with Gasteiger partial charge in [0.05, 0.1) is 39.9 Å². The average Bonchev–Trinajstić information content (AvgIpc) is 2.91.